The van der Waals surface area contributed by atoms with Crippen LogP contribution in [0.1, 0.15) is 26.2 Å². The van der Waals surface area contributed by atoms with Crippen LogP contribution >= 0.6 is 0 Å². The van der Waals surface area contributed by atoms with Gasteiger partial charge < -0.3 is 14.6 Å². The van der Waals surface area contributed by atoms with Crippen molar-refractivity contribution in [3.05, 3.63) is 24.0 Å². The van der Waals surface area contributed by atoms with E-state index in [1.165, 1.54) is 5.57 Å². The monoisotopic (exact) mass is 262 g/mol. The van der Waals surface area contributed by atoms with Crippen LogP contribution in [0.5, 0.6) is 0 Å². The topological polar surface area (TPSA) is 55.8 Å². The molecular formula is C15H18O4. The molecule has 0 amide bonds. The van der Waals surface area contributed by atoms with Gasteiger partial charge >= 0.3 is 5.97 Å². The third kappa shape index (κ3) is 1.25. The second-order valence-electron chi connectivity index (χ2n) is 6.53. The average Bonchev–Trinajstić information content (AvgIpc) is 2.89. The number of aliphatic hydroxyl groups is 1. The normalized spacial score (nSPS) is 51.1. The molecule has 4 heteroatoms. The zero-order valence-corrected chi connectivity index (χ0v) is 11.0. The summed E-state index contributed by atoms with van der Waals surface area (Å²) < 4.78 is 11.3. The van der Waals surface area contributed by atoms with Gasteiger partial charge in [0.05, 0.1) is 18.3 Å². The molecule has 1 N–H and O–H groups in total. The Labute approximate surface area is 112 Å². The van der Waals surface area contributed by atoms with Gasteiger partial charge in [-0.05, 0) is 24.8 Å². The number of rotatable bonds is 0. The van der Waals surface area contributed by atoms with Gasteiger partial charge in [0.2, 0.25) is 0 Å². The Morgan fingerprint density at radius 1 is 1.53 bits per heavy atom. The van der Waals surface area contributed by atoms with E-state index >= 15 is 0 Å². The predicted octanol–water partition coefficient (Wildman–Crippen LogP) is 1.55. The van der Waals surface area contributed by atoms with E-state index in [4.69, 9.17) is 9.47 Å². The van der Waals surface area contributed by atoms with Crippen molar-refractivity contribution in [3.8, 4) is 0 Å². The number of carbonyl (C=O) groups excluding carboxylic acids is 1. The van der Waals surface area contributed by atoms with Crippen LogP contribution in [0.3, 0.4) is 0 Å². The van der Waals surface area contributed by atoms with Crippen LogP contribution in [0, 0.1) is 17.3 Å². The van der Waals surface area contributed by atoms with Crippen LogP contribution in [0.15, 0.2) is 24.0 Å². The van der Waals surface area contributed by atoms with Gasteiger partial charge in [0.1, 0.15) is 12.2 Å². The zero-order chi connectivity index (χ0) is 13.4. The maximum atomic E-state index is 11.8. The number of hydrogen-bond donors (Lipinski definition) is 1. The summed E-state index contributed by atoms with van der Waals surface area (Å²) in [5.74, 6) is -0.155. The largest absolute Gasteiger partial charge is 0.497 e. The highest BCUT2D eigenvalue weighted by Gasteiger charge is 2.63. The molecule has 0 spiro atoms. The lowest BCUT2D eigenvalue weighted by molar-refractivity contribution is -0.153. The van der Waals surface area contributed by atoms with E-state index in [0.29, 0.717) is 12.0 Å². The SMILES string of the molecule is C=C1C(=O)O[C@H]2C[C@]3(C)[C@@H](O)CCC4=CO[C@@H]([C@H]12)[C@H]43. The molecule has 0 bridgehead atoms. The molecule has 0 aromatic heterocycles. The smallest absolute Gasteiger partial charge is 0.334 e. The molecule has 0 aromatic rings. The number of hydrogen-bond acceptors (Lipinski definition) is 4. The minimum Gasteiger partial charge on any atom is -0.497 e. The third-order valence-electron chi connectivity index (χ3n) is 5.60. The van der Waals surface area contributed by atoms with E-state index in [2.05, 4.69) is 13.5 Å². The van der Waals surface area contributed by atoms with E-state index in [-0.39, 0.29) is 41.5 Å². The minimum atomic E-state index is -0.354. The highest BCUT2D eigenvalue weighted by molar-refractivity contribution is 5.91. The molecule has 3 fully saturated rings. The second kappa shape index (κ2) is 3.42. The molecular weight excluding hydrogens is 244 g/mol. The van der Waals surface area contributed by atoms with Crippen molar-refractivity contribution in [1.82, 2.24) is 0 Å². The molecule has 19 heavy (non-hydrogen) atoms. The summed E-state index contributed by atoms with van der Waals surface area (Å²) in [6, 6.07) is 0. The van der Waals surface area contributed by atoms with Gasteiger partial charge in [0, 0.05) is 16.9 Å². The van der Waals surface area contributed by atoms with Crippen LogP contribution in [0.25, 0.3) is 0 Å². The van der Waals surface area contributed by atoms with Gasteiger partial charge in [-0.25, -0.2) is 4.79 Å². The van der Waals surface area contributed by atoms with Crippen molar-refractivity contribution < 1.29 is 19.4 Å². The fourth-order valence-corrected chi connectivity index (χ4v) is 4.60. The van der Waals surface area contributed by atoms with Gasteiger partial charge in [-0.1, -0.05) is 13.5 Å². The fourth-order valence-electron chi connectivity index (χ4n) is 4.60. The van der Waals surface area contributed by atoms with Crippen LogP contribution in [-0.2, 0) is 14.3 Å². The Bertz CT molecular complexity index is 508. The van der Waals surface area contributed by atoms with Gasteiger partial charge in [-0.3, -0.25) is 0 Å². The third-order valence-corrected chi connectivity index (χ3v) is 5.60. The summed E-state index contributed by atoms with van der Waals surface area (Å²) in [7, 11) is 0. The number of ether oxygens (including phenoxy) is 2. The van der Waals surface area contributed by atoms with Gasteiger partial charge in [0.15, 0.2) is 0 Å². The lowest BCUT2D eigenvalue weighted by atomic mass is 9.54. The lowest BCUT2D eigenvalue weighted by Gasteiger charge is -2.52. The Balaban J connectivity index is 1.79. The fraction of sp³-hybridized carbons (Fsp3) is 0.667. The first kappa shape index (κ1) is 11.5. The lowest BCUT2D eigenvalue weighted by Crippen LogP contribution is -2.56. The van der Waals surface area contributed by atoms with E-state index in [9.17, 15) is 9.90 Å². The first-order valence-corrected chi connectivity index (χ1v) is 6.94. The molecule has 4 nitrogen and oxygen atoms in total. The van der Waals surface area contributed by atoms with E-state index in [0.717, 1.165) is 12.8 Å². The quantitative estimate of drug-likeness (QED) is 0.531. The van der Waals surface area contributed by atoms with Crippen LogP contribution in [-0.4, -0.2) is 29.4 Å². The Hall–Kier alpha value is -1.29. The average molecular weight is 262 g/mol. The van der Waals surface area contributed by atoms with Crippen molar-refractivity contribution in [3.63, 3.8) is 0 Å². The highest BCUT2D eigenvalue weighted by atomic mass is 16.6. The molecule has 0 aromatic carbocycles. The van der Waals surface area contributed by atoms with Crippen molar-refractivity contribution in [1.29, 1.82) is 0 Å². The standard InChI is InChI=1S/C15H18O4/c1-7-11-9(19-14(7)17)5-15(2)10(16)4-3-8-6-18-13(11)12(8)15/h6,9-13,16H,1,3-5H2,2H3/t9-,10-,11+,12-,13-,15+/m0/s1. The van der Waals surface area contributed by atoms with Gasteiger partial charge in [-0.15, -0.1) is 0 Å². The second-order valence-corrected chi connectivity index (χ2v) is 6.53. The molecule has 2 aliphatic heterocycles. The van der Waals surface area contributed by atoms with Gasteiger partial charge in [-0.2, -0.15) is 0 Å². The number of carbonyl (C=O) groups is 1. The first-order valence-electron chi connectivity index (χ1n) is 6.94. The van der Waals surface area contributed by atoms with E-state index in [1.54, 1.807) is 0 Å². The summed E-state index contributed by atoms with van der Waals surface area (Å²) in [6.45, 7) is 5.97. The minimum absolute atomic E-state index is 0.0513. The molecule has 0 unspecified atom stereocenters. The maximum Gasteiger partial charge on any atom is 0.334 e. The molecule has 2 saturated carbocycles. The maximum absolute atomic E-state index is 11.8. The summed E-state index contributed by atoms with van der Waals surface area (Å²) in [6.07, 6.45) is 3.56. The van der Waals surface area contributed by atoms with Gasteiger partial charge in [0.25, 0.3) is 0 Å². The van der Waals surface area contributed by atoms with E-state index < -0.39 is 0 Å². The Kier molecular flexibility index (Phi) is 2.08. The highest BCUT2D eigenvalue weighted by Crippen LogP contribution is 2.59. The van der Waals surface area contributed by atoms with Crippen molar-refractivity contribution in [2.24, 2.45) is 17.3 Å². The van der Waals surface area contributed by atoms with Crippen molar-refractivity contribution in [2.75, 3.05) is 0 Å². The van der Waals surface area contributed by atoms with Crippen LogP contribution in [0.2, 0.25) is 0 Å². The molecule has 4 aliphatic rings. The van der Waals surface area contributed by atoms with E-state index in [1.807, 2.05) is 6.26 Å². The summed E-state index contributed by atoms with van der Waals surface area (Å²) in [5, 5.41) is 10.4. The predicted molar refractivity (Wildman–Crippen MR) is 66.9 cm³/mol. The number of esters is 1. The molecule has 1 saturated heterocycles. The van der Waals surface area contributed by atoms with Crippen LogP contribution in [0.4, 0.5) is 0 Å². The molecule has 4 rings (SSSR count). The Morgan fingerprint density at radius 3 is 3.11 bits per heavy atom. The summed E-state index contributed by atoms with van der Waals surface area (Å²) in [5.41, 5.74) is 1.56. The first-order chi connectivity index (χ1) is 9.02. The number of aliphatic hydroxyl groups excluding tert-OH is 1. The molecule has 2 aliphatic carbocycles. The van der Waals surface area contributed by atoms with Crippen molar-refractivity contribution >= 4 is 5.97 Å². The summed E-state index contributed by atoms with van der Waals surface area (Å²) in [4.78, 5) is 11.8. The molecule has 0 radical (unpaired) electrons. The molecule has 2 heterocycles. The van der Waals surface area contributed by atoms with Crippen LogP contribution < -0.4 is 0 Å². The van der Waals surface area contributed by atoms with Crippen molar-refractivity contribution in [2.45, 2.75) is 44.5 Å². The number of fused-ring (bicyclic) bond motifs is 2. The molecule has 6 atom stereocenters. The zero-order valence-electron chi connectivity index (χ0n) is 11.0. The molecule has 102 valence electrons. The Morgan fingerprint density at radius 2 is 2.32 bits per heavy atom. The summed E-state index contributed by atoms with van der Waals surface area (Å²) >= 11 is 0.